The molecule has 1 unspecified atom stereocenters. The van der Waals surface area contributed by atoms with Crippen LogP contribution in [0.5, 0.6) is 0 Å². The van der Waals surface area contributed by atoms with E-state index in [1.54, 1.807) is 23.1 Å². The van der Waals surface area contributed by atoms with Gasteiger partial charge in [0, 0.05) is 30.3 Å². The van der Waals surface area contributed by atoms with Crippen molar-refractivity contribution in [3.63, 3.8) is 0 Å². The van der Waals surface area contributed by atoms with E-state index in [2.05, 4.69) is 0 Å². The van der Waals surface area contributed by atoms with Crippen LogP contribution in [0.3, 0.4) is 0 Å². The van der Waals surface area contributed by atoms with E-state index in [0.717, 1.165) is 12.0 Å². The molecule has 0 saturated carbocycles. The minimum atomic E-state index is -0.182. The van der Waals surface area contributed by atoms with Crippen LogP contribution in [0.25, 0.3) is 0 Å². The van der Waals surface area contributed by atoms with Crippen molar-refractivity contribution in [3.8, 4) is 0 Å². The standard InChI is InChI=1S/C11H12N2O2/c12-9-2-1-3-10(5-9)13-6-8(7-14)4-11(13)15/h1-3,5,7-8H,4,6,12H2. The van der Waals surface area contributed by atoms with Crippen molar-refractivity contribution < 1.29 is 9.59 Å². The van der Waals surface area contributed by atoms with E-state index in [4.69, 9.17) is 5.73 Å². The molecule has 0 radical (unpaired) electrons. The van der Waals surface area contributed by atoms with Crippen molar-refractivity contribution in [2.24, 2.45) is 5.92 Å². The zero-order valence-corrected chi connectivity index (χ0v) is 8.22. The summed E-state index contributed by atoms with van der Waals surface area (Å²) in [6, 6.07) is 7.12. The topological polar surface area (TPSA) is 63.4 Å². The van der Waals surface area contributed by atoms with Crippen LogP contribution in [0.1, 0.15) is 6.42 Å². The van der Waals surface area contributed by atoms with Crippen molar-refractivity contribution in [2.75, 3.05) is 17.2 Å². The van der Waals surface area contributed by atoms with Gasteiger partial charge in [-0.1, -0.05) is 6.07 Å². The van der Waals surface area contributed by atoms with Crippen molar-refractivity contribution in [1.82, 2.24) is 0 Å². The molecule has 4 heteroatoms. The van der Waals surface area contributed by atoms with Gasteiger partial charge in [-0.2, -0.15) is 0 Å². The Hall–Kier alpha value is -1.84. The lowest BCUT2D eigenvalue weighted by molar-refractivity contribution is -0.119. The highest BCUT2D eigenvalue weighted by Gasteiger charge is 2.30. The van der Waals surface area contributed by atoms with Crippen LogP contribution in [0.15, 0.2) is 24.3 Å². The van der Waals surface area contributed by atoms with Gasteiger partial charge in [-0.15, -0.1) is 0 Å². The smallest absolute Gasteiger partial charge is 0.227 e. The Morgan fingerprint density at radius 2 is 2.27 bits per heavy atom. The second-order valence-corrected chi connectivity index (χ2v) is 3.70. The zero-order chi connectivity index (χ0) is 10.8. The number of anilines is 2. The van der Waals surface area contributed by atoms with Crippen LogP contribution >= 0.6 is 0 Å². The largest absolute Gasteiger partial charge is 0.399 e. The molecule has 1 aromatic carbocycles. The number of rotatable bonds is 2. The number of nitrogens with zero attached hydrogens (tertiary/aromatic N) is 1. The third kappa shape index (κ3) is 1.83. The van der Waals surface area contributed by atoms with Crippen molar-refractivity contribution in [3.05, 3.63) is 24.3 Å². The molecule has 1 amide bonds. The predicted octanol–water partition coefficient (Wildman–Crippen LogP) is 0.821. The average Bonchev–Trinajstić information content (AvgIpc) is 2.60. The number of nitrogen functional groups attached to an aromatic ring is 1. The molecule has 1 fully saturated rings. The quantitative estimate of drug-likeness (QED) is 0.573. The van der Waals surface area contributed by atoms with Gasteiger partial charge < -0.3 is 15.4 Å². The van der Waals surface area contributed by atoms with Gasteiger partial charge >= 0.3 is 0 Å². The van der Waals surface area contributed by atoms with E-state index in [1.165, 1.54) is 0 Å². The molecule has 2 N–H and O–H groups in total. The lowest BCUT2D eigenvalue weighted by Gasteiger charge is -2.16. The minimum absolute atomic E-state index is 0.0160. The molecule has 1 atom stereocenters. The summed E-state index contributed by atoms with van der Waals surface area (Å²) in [5.41, 5.74) is 7.02. The number of aldehydes is 1. The fourth-order valence-electron chi connectivity index (χ4n) is 1.77. The Morgan fingerprint density at radius 3 is 2.87 bits per heavy atom. The maximum absolute atomic E-state index is 11.6. The molecule has 78 valence electrons. The zero-order valence-electron chi connectivity index (χ0n) is 8.22. The first kappa shape index (κ1) is 9.71. The second kappa shape index (κ2) is 3.73. The van der Waals surface area contributed by atoms with E-state index in [0.29, 0.717) is 18.7 Å². The number of amides is 1. The fourth-order valence-corrected chi connectivity index (χ4v) is 1.77. The molecular weight excluding hydrogens is 192 g/mol. The number of carbonyl (C=O) groups is 2. The third-order valence-corrected chi connectivity index (χ3v) is 2.53. The molecule has 1 aromatic rings. The molecule has 2 rings (SSSR count). The summed E-state index contributed by atoms with van der Waals surface area (Å²) < 4.78 is 0. The summed E-state index contributed by atoms with van der Waals surface area (Å²) in [6.45, 7) is 0.464. The Balaban J connectivity index is 2.25. The molecule has 4 nitrogen and oxygen atoms in total. The molecule has 1 aliphatic rings. The first-order chi connectivity index (χ1) is 7.20. The molecule has 0 spiro atoms. The van der Waals surface area contributed by atoms with Crippen LogP contribution in [0.4, 0.5) is 11.4 Å². The van der Waals surface area contributed by atoms with Crippen LogP contribution in [-0.2, 0) is 9.59 Å². The molecule has 1 saturated heterocycles. The summed E-state index contributed by atoms with van der Waals surface area (Å²) >= 11 is 0. The highest BCUT2D eigenvalue weighted by atomic mass is 16.2. The molecule has 15 heavy (non-hydrogen) atoms. The Labute approximate surface area is 87.7 Å². The predicted molar refractivity (Wildman–Crippen MR) is 57.4 cm³/mol. The van der Waals surface area contributed by atoms with Crippen molar-refractivity contribution in [1.29, 1.82) is 0 Å². The van der Waals surface area contributed by atoms with Gasteiger partial charge in [0.2, 0.25) is 5.91 Å². The molecule has 0 aromatic heterocycles. The van der Waals surface area contributed by atoms with Crippen LogP contribution in [0.2, 0.25) is 0 Å². The second-order valence-electron chi connectivity index (χ2n) is 3.70. The summed E-state index contributed by atoms with van der Waals surface area (Å²) in [5, 5.41) is 0. The van der Waals surface area contributed by atoms with Gasteiger partial charge in [0.1, 0.15) is 6.29 Å². The van der Waals surface area contributed by atoms with Crippen LogP contribution < -0.4 is 10.6 Å². The number of nitrogens with two attached hydrogens (primary N) is 1. The lowest BCUT2D eigenvalue weighted by Crippen LogP contribution is -2.24. The number of benzene rings is 1. The average molecular weight is 204 g/mol. The Kier molecular flexibility index (Phi) is 2.41. The van der Waals surface area contributed by atoms with E-state index >= 15 is 0 Å². The first-order valence-electron chi connectivity index (χ1n) is 4.82. The molecule has 1 aliphatic heterocycles. The van der Waals surface area contributed by atoms with Crippen LogP contribution in [-0.4, -0.2) is 18.7 Å². The van der Waals surface area contributed by atoms with E-state index in [1.807, 2.05) is 6.07 Å². The van der Waals surface area contributed by atoms with Crippen molar-refractivity contribution in [2.45, 2.75) is 6.42 Å². The number of hydrogen-bond donors (Lipinski definition) is 1. The third-order valence-electron chi connectivity index (χ3n) is 2.53. The fraction of sp³-hybridized carbons (Fsp3) is 0.273. The SMILES string of the molecule is Nc1cccc(N2CC(C=O)CC2=O)c1. The van der Waals surface area contributed by atoms with E-state index in [-0.39, 0.29) is 11.8 Å². The van der Waals surface area contributed by atoms with Gasteiger partial charge in [0.05, 0.1) is 0 Å². The first-order valence-corrected chi connectivity index (χ1v) is 4.82. The molecular formula is C11H12N2O2. The highest BCUT2D eigenvalue weighted by molar-refractivity contribution is 5.98. The van der Waals surface area contributed by atoms with E-state index < -0.39 is 0 Å². The number of carbonyl (C=O) groups excluding carboxylic acids is 2. The highest BCUT2D eigenvalue weighted by Crippen LogP contribution is 2.25. The number of hydrogen-bond acceptors (Lipinski definition) is 3. The van der Waals surface area contributed by atoms with Crippen molar-refractivity contribution >= 4 is 23.6 Å². The Morgan fingerprint density at radius 1 is 1.47 bits per heavy atom. The monoisotopic (exact) mass is 204 g/mol. The summed E-state index contributed by atoms with van der Waals surface area (Å²) in [5.74, 6) is -0.198. The summed E-state index contributed by atoms with van der Waals surface area (Å²) in [7, 11) is 0. The normalized spacial score (nSPS) is 20.7. The van der Waals surface area contributed by atoms with Gasteiger partial charge in [-0.25, -0.2) is 0 Å². The van der Waals surface area contributed by atoms with Gasteiger partial charge in [-0.05, 0) is 18.2 Å². The van der Waals surface area contributed by atoms with Gasteiger partial charge in [-0.3, -0.25) is 4.79 Å². The summed E-state index contributed by atoms with van der Waals surface area (Å²) in [6.07, 6.45) is 1.14. The maximum atomic E-state index is 11.6. The molecule has 1 heterocycles. The van der Waals surface area contributed by atoms with Crippen LogP contribution in [0, 0.1) is 5.92 Å². The minimum Gasteiger partial charge on any atom is -0.399 e. The maximum Gasteiger partial charge on any atom is 0.227 e. The van der Waals surface area contributed by atoms with E-state index in [9.17, 15) is 9.59 Å². The molecule has 0 aliphatic carbocycles. The molecule has 0 bridgehead atoms. The Bertz CT molecular complexity index is 403. The lowest BCUT2D eigenvalue weighted by atomic mass is 10.1. The summed E-state index contributed by atoms with van der Waals surface area (Å²) in [4.78, 5) is 23.8. The van der Waals surface area contributed by atoms with Gasteiger partial charge in [0.25, 0.3) is 0 Å². The van der Waals surface area contributed by atoms with Gasteiger partial charge in [0.15, 0.2) is 0 Å².